The van der Waals surface area contributed by atoms with Crippen LogP contribution in [0.2, 0.25) is 0 Å². The number of hydrogen-bond donors (Lipinski definition) is 1. The molecule has 18 heavy (non-hydrogen) atoms. The van der Waals surface area contributed by atoms with Crippen molar-refractivity contribution >= 4 is 21.6 Å². The molecule has 102 valence electrons. The Hall–Kier alpha value is -0.540. The van der Waals surface area contributed by atoms with Crippen LogP contribution in [0.15, 0.2) is 22.7 Å². The molecule has 0 heterocycles. The Morgan fingerprint density at radius 1 is 1.33 bits per heavy atom. The number of nitrogens with one attached hydrogen (secondary N) is 1. The van der Waals surface area contributed by atoms with Gasteiger partial charge in [0, 0.05) is 29.8 Å². The van der Waals surface area contributed by atoms with Crippen molar-refractivity contribution in [3.05, 3.63) is 28.2 Å². The van der Waals surface area contributed by atoms with Crippen LogP contribution in [-0.4, -0.2) is 20.6 Å². The SMILES string of the molecule is CNC(C)c1ccc(N(C)CC(C)(C)C)cc1Br. The Balaban J connectivity index is 2.90. The van der Waals surface area contributed by atoms with Crippen LogP contribution < -0.4 is 10.2 Å². The molecule has 0 saturated carbocycles. The predicted molar refractivity (Wildman–Crippen MR) is 84.3 cm³/mol. The lowest BCUT2D eigenvalue weighted by Crippen LogP contribution is -2.29. The van der Waals surface area contributed by atoms with Gasteiger partial charge in [-0.15, -0.1) is 0 Å². The van der Waals surface area contributed by atoms with E-state index in [1.807, 2.05) is 7.05 Å². The molecule has 1 aromatic rings. The molecular formula is C15H25BrN2. The van der Waals surface area contributed by atoms with Gasteiger partial charge in [-0.3, -0.25) is 0 Å². The lowest BCUT2D eigenvalue weighted by Gasteiger charge is -2.29. The van der Waals surface area contributed by atoms with Gasteiger partial charge in [-0.1, -0.05) is 42.8 Å². The van der Waals surface area contributed by atoms with Crippen molar-refractivity contribution < 1.29 is 0 Å². The zero-order valence-electron chi connectivity index (χ0n) is 12.3. The summed E-state index contributed by atoms with van der Waals surface area (Å²) in [6, 6.07) is 6.95. The van der Waals surface area contributed by atoms with Crippen molar-refractivity contribution in [2.75, 3.05) is 25.5 Å². The minimum Gasteiger partial charge on any atom is -0.374 e. The van der Waals surface area contributed by atoms with Gasteiger partial charge in [0.05, 0.1) is 0 Å². The maximum absolute atomic E-state index is 3.67. The van der Waals surface area contributed by atoms with E-state index >= 15 is 0 Å². The zero-order valence-corrected chi connectivity index (χ0v) is 13.9. The summed E-state index contributed by atoms with van der Waals surface area (Å²) in [7, 11) is 4.13. The quantitative estimate of drug-likeness (QED) is 0.895. The number of halogens is 1. The molecule has 0 aliphatic heterocycles. The van der Waals surface area contributed by atoms with Gasteiger partial charge in [-0.2, -0.15) is 0 Å². The van der Waals surface area contributed by atoms with Gasteiger partial charge in [-0.25, -0.2) is 0 Å². The first kappa shape index (κ1) is 15.5. The number of anilines is 1. The van der Waals surface area contributed by atoms with Crippen molar-refractivity contribution in [1.82, 2.24) is 5.32 Å². The largest absolute Gasteiger partial charge is 0.374 e. The first-order chi connectivity index (χ1) is 8.24. The first-order valence-corrected chi connectivity index (χ1v) is 7.22. The van der Waals surface area contributed by atoms with Gasteiger partial charge in [0.15, 0.2) is 0 Å². The monoisotopic (exact) mass is 312 g/mol. The molecular weight excluding hydrogens is 288 g/mol. The summed E-state index contributed by atoms with van der Waals surface area (Å²) in [4.78, 5) is 2.30. The van der Waals surface area contributed by atoms with Gasteiger partial charge >= 0.3 is 0 Å². The molecule has 2 nitrogen and oxygen atoms in total. The standard InChI is InChI=1S/C15H25BrN2/c1-11(17-5)13-8-7-12(9-14(13)16)18(6)10-15(2,3)4/h7-9,11,17H,10H2,1-6H3. The second-order valence-corrected chi connectivity index (χ2v) is 6.99. The van der Waals surface area contributed by atoms with Crippen molar-refractivity contribution in [2.45, 2.75) is 33.7 Å². The fourth-order valence-electron chi connectivity index (χ4n) is 2.06. The van der Waals surface area contributed by atoms with Gasteiger partial charge in [-0.05, 0) is 37.1 Å². The maximum atomic E-state index is 3.67. The summed E-state index contributed by atoms with van der Waals surface area (Å²) in [5.41, 5.74) is 2.85. The first-order valence-electron chi connectivity index (χ1n) is 6.42. The topological polar surface area (TPSA) is 15.3 Å². The molecule has 0 radical (unpaired) electrons. The van der Waals surface area contributed by atoms with E-state index in [1.165, 1.54) is 15.7 Å². The lowest BCUT2D eigenvalue weighted by atomic mass is 9.96. The molecule has 1 unspecified atom stereocenters. The van der Waals surface area contributed by atoms with Crippen LogP contribution in [0.4, 0.5) is 5.69 Å². The molecule has 1 N–H and O–H groups in total. The smallest absolute Gasteiger partial charge is 0.0375 e. The molecule has 3 heteroatoms. The normalized spacial score (nSPS) is 13.5. The Bertz CT molecular complexity index is 396. The second-order valence-electron chi connectivity index (χ2n) is 6.13. The summed E-state index contributed by atoms with van der Waals surface area (Å²) in [6.07, 6.45) is 0. The van der Waals surface area contributed by atoms with E-state index in [2.05, 4.69) is 79.1 Å². The van der Waals surface area contributed by atoms with E-state index in [0.29, 0.717) is 11.5 Å². The highest BCUT2D eigenvalue weighted by Crippen LogP contribution is 2.29. The summed E-state index contributed by atoms with van der Waals surface area (Å²) in [5.74, 6) is 0. The molecule has 0 bridgehead atoms. The molecule has 0 aliphatic rings. The van der Waals surface area contributed by atoms with E-state index in [0.717, 1.165) is 6.54 Å². The number of benzene rings is 1. The van der Waals surface area contributed by atoms with E-state index < -0.39 is 0 Å². The van der Waals surface area contributed by atoms with Crippen LogP contribution >= 0.6 is 15.9 Å². The van der Waals surface area contributed by atoms with E-state index in [4.69, 9.17) is 0 Å². The summed E-state index contributed by atoms with van der Waals surface area (Å²) in [6.45, 7) is 9.99. The summed E-state index contributed by atoms with van der Waals surface area (Å²) >= 11 is 3.67. The molecule has 0 amide bonds. The highest BCUT2D eigenvalue weighted by molar-refractivity contribution is 9.10. The number of rotatable bonds is 4. The fraction of sp³-hybridized carbons (Fsp3) is 0.600. The average Bonchev–Trinajstić information content (AvgIpc) is 2.25. The Morgan fingerprint density at radius 3 is 2.39 bits per heavy atom. The Labute approximate surface area is 120 Å². The van der Waals surface area contributed by atoms with E-state index in [-0.39, 0.29) is 0 Å². The van der Waals surface area contributed by atoms with Crippen LogP contribution in [-0.2, 0) is 0 Å². The van der Waals surface area contributed by atoms with Crippen LogP contribution in [0.5, 0.6) is 0 Å². The highest BCUT2D eigenvalue weighted by atomic mass is 79.9. The molecule has 1 atom stereocenters. The molecule has 0 fully saturated rings. The third-order valence-corrected chi connectivity index (χ3v) is 3.72. The maximum Gasteiger partial charge on any atom is 0.0375 e. The van der Waals surface area contributed by atoms with Crippen LogP contribution in [0.25, 0.3) is 0 Å². The van der Waals surface area contributed by atoms with Crippen molar-refractivity contribution in [1.29, 1.82) is 0 Å². The lowest BCUT2D eigenvalue weighted by molar-refractivity contribution is 0.419. The van der Waals surface area contributed by atoms with E-state index in [1.54, 1.807) is 0 Å². The highest BCUT2D eigenvalue weighted by Gasteiger charge is 2.15. The predicted octanol–water partition coefficient (Wildman–Crippen LogP) is 4.21. The number of hydrogen-bond acceptors (Lipinski definition) is 2. The average molecular weight is 313 g/mol. The second kappa shape index (κ2) is 6.07. The van der Waals surface area contributed by atoms with Gasteiger partial charge in [0.2, 0.25) is 0 Å². The van der Waals surface area contributed by atoms with Crippen LogP contribution in [0.3, 0.4) is 0 Å². The van der Waals surface area contributed by atoms with Crippen molar-refractivity contribution in [2.24, 2.45) is 5.41 Å². The van der Waals surface area contributed by atoms with Gasteiger partial charge in [0.25, 0.3) is 0 Å². The van der Waals surface area contributed by atoms with Crippen LogP contribution in [0.1, 0.15) is 39.3 Å². The van der Waals surface area contributed by atoms with Crippen LogP contribution in [0, 0.1) is 5.41 Å². The van der Waals surface area contributed by atoms with Crippen molar-refractivity contribution in [3.8, 4) is 0 Å². The molecule has 0 spiro atoms. The molecule has 1 rings (SSSR count). The summed E-state index contributed by atoms with van der Waals surface area (Å²) < 4.78 is 1.17. The third kappa shape index (κ3) is 4.29. The van der Waals surface area contributed by atoms with Gasteiger partial charge in [0.1, 0.15) is 0 Å². The zero-order chi connectivity index (χ0) is 13.9. The minimum absolute atomic E-state index is 0.304. The molecule has 1 aromatic carbocycles. The Kier molecular flexibility index (Phi) is 5.23. The fourth-order valence-corrected chi connectivity index (χ4v) is 2.77. The number of nitrogens with zero attached hydrogens (tertiary/aromatic N) is 1. The van der Waals surface area contributed by atoms with Crippen molar-refractivity contribution in [3.63, 3.8) is 0 Å². The Morgan fingerprint density at radius 2 is 1.94 bits per heavy atom. The minimum atomic E-state index is 0.304. The van der Waals surface area contributed by atoms with E-state index in [9.17, 15) is 0 Å². The third-order valence-electron chi connectivity index (χ3n) is 3.04. The molecule has 0 aliphatic carbocycles. The molecule has 0 aromatic heterocycles. The summed E-state index contributed by atoms with van der Waals surface area (Å²) in [5, 5.41) is 3.27. The van der Waals surface area contributed by atoms with Gasteiger partial charge < -0.3 is 10.2 Å². The molecule has 0 saturated heterocycles.